The molecule has 0 spiro atoms. The Morgan fingerprint density at radius 2 is 2.15 bits per heavy atom. The van der Waals surface area contributed by atoms with Gasteiger partial charge in [-0.25, -0.2) is 4.79 Å². The molecule has 1 aliphatic rings. The fourth-order valence-corrected chi connectivity index (χ4v) is 2.31. The average Bonchev–Trinajstić information content (AvgIpc) is 3.01. The van der Waals surface area contributed by atoms with Crippen LogP contribution in [0, 0.1) is 0 Å². The molecule has 1 heterocycles. The molecule has 0 bridgehead atoms. The number of hydrogen-bond donors (Lipinski definition) is 1. The predicted octanol–water partition coefficient (Wildman–Crippen LogP) is 1.68. The van der Waals surface area contributed by atoms with Gasteiger partial charge in [0.25, 0.3) is 0 Å². The van der Waals surface area contributed by atoms with Crippen LogP contribution >= 0.6 is 0 Å². The van der Waals surface area contributed by atoms with E-state index in [1.807, 2.05) is 24.3 Å². The number of carbonyl (C=O) groups is 1. The standard InChI is InChI=1S/C15H21NO4/c1-18-12-7-5-11(6-8-12)14(15(17)19-2)16-10-13-4-3-9-20-13/h5-8,13-14,16H,3-4,9-10H2,1-2H3. The lowest BCUT2D eigenvalue weighted by molar-refractivity contribution is -0.143. The SMILES string of the molecule is COC(=O)C(NCC1CCCO1)c1ccc(OC)cc1. The molecule has 2 unspecified atom stereocenters. The van der Waals surface area contributed by atoms with Gasteiger partial charge in [0, 0.05) is 13.2 Å². The Hall–Kier alpha value is -1.59. The summed E-state index contributed by atoms with van der Waals surface area (Å²) in [4.78, 5) is 11.9. The summed E-state index contributed by atoms with van der Waals surface area (Å²) in [6.07, 6.45) is 2.29. The van der Waals surface area contributed by atoms with Gasteiger partial charge in [-0.2, -0.15) is 0 Å². The van der Waals surface area contributed by atoms with Crippen molar-refractivity contribution in [2.75, 3.05) is 27.4 Å². The predicted molar refractivity (Wildman–Crippen MR) is 74.7 cm³/mol. The molecule has 2 rings (SSSR count). The van der Waals surface area contributed by atoms with E-state index in [0.29, 0.717) is 6.54 Å². The highest BCUT2D eigenvalue weighted by molar-refractivity contribution is 5.77. The van der Waals surface area contributed by atoms with Crippen molar-refractivity contribution in [1.29, 1.82) is 0 Å². The molecule has 1 aromatic carbocycles. The third-order valence-corrected chi connectivity index (χ3v) is 3.46. The maximum absolute atomic E-state index is 11.9. The van der Waals surface area contributed by atoms with Gasteiger partial charge < -0.3 is 14.2 Å². The number of nitrogens with one attached hydrogen (secondary N) is 1. The Bertz CT molecular complexity index is 426. The first-order valence-corrected chi connectivity index (χ1v) is 6.81. The lowest BCUT2D eigenvalue weighted by atomic mass is 10.1. The quantitative estimate of drug-likeness (QED) is 0.803. The molecular formula is C15H21NO4. The molecule has 0 saturated carbocycles. The number of benzene rings is 1. The molecule has 2 atom stereocenters. The molecule has 0 radical (unpaired) electrons. The summed E-state index contributed by atoms with van der Waals surface area (Å²) in [5.74, 6) is 0.463. The van der Waals surface area contributed by atoms with Crippen molar-refractivity contribution in [2.24, 2.45) is 0 Å². The molecule has 0 aromatic heterocycles. The molecule has 1 aromatic rings. The fourth-order valence-electron chi connectivity index (χ4n) is 2.31. The minimum absolute atomic E-state index is 0.181. The summed E-state index contributed by atoms with van der Waals surface area (Å²) in [6, 6.07) is 6.92. The Morgan fingerprint density at radius 3 is 2.70 bits per heavy atom. The van der Waals surface area contributed by atoms with Gasteiger partial charge in [-0.1, -0.05) is 12.1 Å². The Labute approximate surface area is 119 Å². The smallest absolute Gasteiger partial charge is 0.327 e. The zero-order valence-electron chi connectivity index (χ0n) is 11.9. The summed E-state index contributed by atoms with van der Waals surface area (Å²) in [5, 5.41) is 3.23. The monoisotopic (exact) mass is 279 g/mol. The summed E-state index contributed by atoms with van der Waals surface area (Å²) < 4.78 is 15.5. The topological polar surface area (TPSA) is 56.8 Å². The van der Waals surface area contributed by atoms with E-state index in [4.69, 9.17) is 14.2 Å². The first-order valence-electron chi connectivity index (χ1n) is 6.81. The largest absolute Gasteiger partial charge is 0.497 e. The van der Waals surface area contributed by atoms with E-state index in [1.54, 1.807) is 7.11 Å². The zero-order chi connectivity index (χ0) is 14.4. The summed E-state index contributed by atoms with van der Waals surface area (Å²) in [7, 11) is 3.01. The summed E-state index contributed by atoms with van der Waals surface area (Å²) in [6.45, 7) is 1.45. The van der Waals surface area contributed by atoms with Crippen molar-refractivity contribution in [3.05, 3.63) is 29.8 Å². The van der Waals surface area contributed by atoms with Crippen LogP contribution in [0.3, 0.4) is 0 Å². The highest BCUT2D eigenvalue weighted by atomic mass is 16.5. The van der Waals surface area contributed by atoms with Gasteiger partial charge in [0.15, 0.2) is 0 Å². The molecule has 1 saturated heterocycles. The van der Waals surface area contributed by atoms with Crippen LogP contribution in [-0.4, -0.2) is 39.4 Å². The van der Waals surface area contributed by atoms with Crippen LogP contribution in [0.1, 0.15) is 24.4 Å². The second-order valence-electron chi connectivity index (χ2n) is 4.77. The number of hydrogen-bond acceptors (Lipinski definition) is 5. The van der Waals surface area contributed by atoms with Crippen LogP contribution in [0.15, 0.2) is 24.3 Å². The number of carbonyl (C=O) groups excluding carboxylic acids is 1. The van der Waals surface area contributed by atoms with Crippen molar-refractivity contribution < 1.29 is 19.0 Å². The molecule has 0 amide bonds. The van der Waals surface area contributed by atoms with Gasteiger partial charge in [0.2, 0.25) is 0 Å². The highest BCUT2D eigenvalue weighted by Gasteiger charge is 2.23. The van der Waals surface area contributed by atoms with E-state index in [0.717, 1.165) is 30.8 Å². The molecular weight excluding hydrogens is 258 g/mol. The summed E-state index contributed by atoms with van der Waals surface area (Å²) in [5.41, 5.74) is 0.857. The van der Waals surface area contributed by atoms with Gasteiger partial charge in [-0.05, 0) is 30.5 Å². The van der Waals surface area contributed by atoms with E-state index in [9.17, 15) is 4.79 Å². The van der Waals surface area contributed by atoms with Crippen LogP contribution in [0.4, 0.5) is 0 Å². The maximum atomic E-state index is 11.9. The van der Waals surface area contributed by atoms with Gasteiger partial charge in [-0.3, -0.25) is 5.32 Å². The third kappa shape index (κ3) is 3.71. The molecule has 1 fully saturated rings. The molecule has 0 aliphatic carbocycles. The Balaban J connectivity index is 2.03. The fraction of sp³-hybridized carbons (Fsp3) is 0.533. The van der Waals surface area contributed by atoms with Crippen LogP contribution < -0.4 is 10.1 Å². The van der Waals surface area contributed by atoms with Crippen LogP contribution in [0.5, 0.6) is 5.75 Å². The summed E-state index contributed by atoms with van der Waals surface area (Å²) >= 11 is 0. The van der Waals surface area contributed by atoms with Crippen molar-refractivity contribution in [2.45, 2.75) is 25.0 Å². The normalized spacial score (nSPS) is 19.6. The minimum Gasteiger partial charge on any atom is -0.497 e. The van der Waals surface area contributed by atoms with E-state index in [-0.39, 0.29) is 12.1 Å². The number of rotatable bonds is 6. The van der Waals surface area contributed by atoms with Crippen LogP contribution in [-0.2, 0) is 14.3 Å². The molecule has 1 N–H and O–H groups in total. The lowest BCUT2D eigenvalue weighted by Gasteiger charge is -2.19. The van der Waals surface area contributed by atoms with Crippen LogP contribution in [0.25, 0.3) is 0 Å². The van der Waals surface area contributed by atoms with E-state index >= 15 is 0 Å². The van der Waals surface area contributed by atoms with Crippen molar-refractivity contribution in [3.63, 3.8) is 0 Å². The molecule has 1 aliphatic heterocycles. The molecule has 5 heteroatoms. The van der Waals surface area contributed by atoms with Crippen molar-refractivity contribution in [1.82, 2.24) is 5.32 Å². The van der Waals surface area contributed by atoms with Crippen molar-refractivity contribution >= 4 is 5.97 Å². The zero-order valence-corrected chi connectivity index (χ0v) is 11.9. The van der Waals surface area contributed by atoms with Gasteiger partial charge in [0.1, 0.15) is 11.8 Å². The third-order valence-electron chi connectivity index (χ3n) is 3.46. The van der Waals surface area contributed by atoms with E-state index < -0.39 is 6.04 Å². The molecule has 5 nitrogen and oxygen atoms in total. The van der Waals surface area contributed by atoms with Gasteiger partial charge in [-0.15, -0.1) is 0 Å². The lowest BCUT2D eigenvalue weighted by Crippen LogP contribution is -2.35. The first kappa shape index (κ1) is 14.8. The average molecular weight is 279 g/mol. The van der Waals surface area contributed by atoms with Gasteiger partial charge in [0.05, 0.1) is 20.3 Å². The first-order chi connectivity index (χ1) is 9.74. The maximum Gasteiger partial charge on any atom is 0.327 e. The van der Waals surface area contributed by atoms with Crippen molar-refractivity contribution in [3.8, 4) is 5.75 Å². The second kappa shape index (κ2) is 7.26. The Kier molecular flexibility index (Phi) is 5.38. The van der Waals surface area contributed by atoms with Crippen LogP contribution in [0.2, 0.25) is 0 Å². The van der Waals surface area contributed by atoms with E-state index in [1.165, 1.54) is 7.11 Å². The highest BCUT2D eigenvalue weighted by Crippen LogP contribution is 2.20. The van der Waals surface area contributed by atoms with Gasteiger partial charge >= 0.3 is 5.97 Å². The Morgan fingerprint density at radius 1 is 1.40 bits per heavy atom. The second-order valence-corrected chi connectivity index (χ2v) is 4.77. The molecule has 20 heavy (non-hydrogen) atoms. The molecule has 110 valence electrons. The number of esters is 1. The van der Waals surface area contributed by atoms with E-state index in [2.05, 4.69) is 5.32 Å². The number of methoxy groups -OCH3 is 2. The minimum atomic E-state index is -0.477. The number of ether oxygens (including phenoxy) is 3.